The van der Waals surface area contributed by atoms with Crippen molar-refractivity contribution in [3.63, 3.8) is 0 Å². The number of hydrogen-bond donors (Lipinski definition) is 2. The molecule has 4 rings (SSSR count). The van der Waals surface area contributed by atoms with E-state index in [2.05, 4.69) is 42.6 Å². The normalized spacial score (nSPS) is 10.9. The molecule has 0 spiro atoms. The van der Waals surface area contributed by atoms with Crippen LogP contribution in [-0.2, 0) is 6.42 Å². The van der Waals surface area contributed by atoms with E-state index in [4.69, 9.17) is 0 Å². The highest BCUT2D eigenvalue weighted by molar-refractivity contribution is 7.21. The highest BCUT2D eigenvalue weighted by Gasteiger charge is 2.19. The predicted octanol–water partition coefficient (Wildman–Crippen LogP) is 5.76. The van der Waals surface area contributed by atoms with Gasteiger partial charge in [-0.1, -0.05) is 60.2 Å². The van der Waals surface area contributed by atoms with Gasteiger partial charge in [0.05, 0.1) is 10.6 Å². The average molecular weight is 373 g/mol. The molecule has 0 fully saturated rings. The monoisotopic (exact) mass is 373 g/mol. The van der Waals surface area contributed by atoms with E-state index >= 15 is 0 Å². The van der Waals surface area contributed by atoms with Crippen molar-refractivity contribution in [2.75, 3.05) is 5.32 Å². The Kier molecular flexibility index (Phi) is 4.65. The Hall–Kier alpha value is -3.11. The summed E-state index contributed by atoms with van der Waals surface area (Å²) >= 11 is 1.49. The fraction of sp³-hybridized carbons (Fsp3) is 0.0870. The number of aryl methyl sites for hydroxylation is 1. The van der Waals surface area contributed by atoms with Gasteiger partial charge >= 0.3 is 0 Å². The molecule has 0 saturated heterocycles. The molecule has 1 amide bonds. The van der Waals surface area contributed by atoms with Crippen LogP contribution < -0.4 is 5.32 Å². The first-order valence-electron chi connectivity index (χ1n) is 8.77. The van der Waals surface area contributed by atoms with Gasteiger partial charge in [-0.2, -0.15) is 0 Å². The van der Waals surface area contributed by atoms with Gasteiger partial charge in [0.25, 0.3) is 5.91 Å². The summed E-state index contributed by atoms with van der Waals surface area (Å²) in [6.07, 6.45) is 0.688. The Labute approximate surface area is 161 Å². The van der Waals surface area contributed by atoms with Gasteiger partial charge in [-0.15, -0.1) is 11.3 Å². The second kappa shape index (κ2) is 7.25. The Morgan fingerprint density at radius 3 is 2.44 bits per heavy atom. The largest absolute Gasteiger partial charge is 0.506 e. The van der Waals surface area contributed by atoms with Crippen LogP contribution in [0, 0.1) is 6.92 Å². The van der Waals surface area contributed by atoms with Crippen LogP contribution in [0.2, 0.25) is 0 Å². The highest BCUT2D eigenvalue weighted by Crippen LogP contribution is 2.34. The summed E-state index contributed by atoms with van der Waals surface area (Å²) in [5.74, 6) is -0.133. The number of thiophene rings is 1. The first-order valence-corrected chi connectivity index (χ1v) is 9.59. The summed E-state index contributed by atoms with van der Waals surface area (Å²) in [6, 6.07) is 23.2. The highest BCUT2D eigenvalue weighted by atomic mass is 32.1. The lowest BCUT2D eigenvalue weighted by atomic mass is 10.0. The van der Waals surface area contributed by atoms with Crippen molar-refractivity contribution in [3.8, 4) is 5.75 Å². The minimum absolute atomic E-state index is 0.0621. The molecule has 134 valence electrons. The molecular formula is C23H19NO2S. The molecule has 4 heteroatoms. The van der Waals surface area contributed by atoms with Gasteiger partial charge in [0, 0.05) is 4.70 Å². The van der Waals surface area contributed by atoms with Gasteiger partial charge in [-0.05, 0) is 48.1 Å². The zero-order valence-corrected chi connectivity index (χ0v) is 15.7. The van der Waals surface area contributed by atoms with E-state index in [-0.39, 0.29) is 11.7 Å². The fourth-order valence-corrected chi connectivity index (χ4v) is 4.24. The van der Waals surface area contributed by atoms with Crippen LogP contribution in [-0.4, -0.2) is 11.0 Å². The lowest BCUT2D eigenvalue weighted by Gasteiger charge is -2.08. The molecule has 1 aromatic heterocycles. The number of benzene rings is 3. The van der Waals surface area contributed by atoms with Crippen molar-refractivity contribution in [3.05, 3.63) is 94.4 Å². The van der Waals surface area contributed by atoms with E-state index in [1.54, 1.807) is 24.3 Å². The molecule has 0 bridgehead atoms. The summed E-state index contributed by atoms with van der Waals surface area (Å²) in [5.41, 5.74) is 3.82. The van der Waals surface area contributed by atoms with Gasteiger partial charge < -0.3 is 10.4 Å². The van der Waals surface area contributed by atoms with E-state index in [1.165, 1.54) is 22.5 Å². The maximum absolute atomic E-state index is 13.0. The summed E-state index contributed by atoms with van der Waals surface area (Å²) in [4.78, 5) is 13.7. The number of carbonyl (C=O) groups excluding carboxylic acids is 1. The van der Waals surface area contributed by atoms with E-state index < -0.39 is 0 Å². The molecule has 0 aliphatic carbocycles. The third-order valence-electron chi connectivity index (χ3n) is 4.56. The molecule has 0 saturated carbocycles. The summed E-state index contributed by atoms with van der Waals surface area (Å²) in [7, 11) is 0. The fourth-order valence-electron chi connectivity index (χ4n) is 3.13. The van der Waals surface area contributed by atoms with Crippen molar-refractivity contribution in [2.24, 2.45) is 0 Å². The number of phenolic OH excluding ortho intramolecular Hbond substituents is 1. The number of phenols is 1. The van der Waals surface area contributed by atoms with Crippen LogP contribution in [0.4, 0.5) is 5.69 Å². The number of carbonyl (C=O) groups is 1. The number of hydrogen-bond acceptors (Lipinski definition) is 3. The maximum Gasteiger partial charge on any atom is 0.266 e. The summed E-state index contributed by atoms with van der Waals surface area (Å²) in [6.45, 7) is 2.06. The van der Waals surface area contributed by atoms with Gasteiger partial charge in [0.15, 0.2) is 0 Å². The quantitative estimate of drug-likeness (QED) is 0.447. The van der Waals surface area contributed by atoms with E-state index in [9.17, 15) is 9.90 Å². The van der Waals surface area contributed by atoms with Crippen molar-refractivity contribution < 1.29 is 9.90 Å². The van der Waals surface area contributed by atoms with Gasteiger partial charge in [0.1, 0.15) is 5.75 Å². The van der Waals surface area contributed by atoms with Gasteiger partial charge in [0.2, 0.25) is 0 Å². The second-order valence-electron chi connectivity index (χ2n) is 6.54. The lowest BCUT2D eigenvalue weighted by Crippen LogP contribution is -2.12. The first-order chi connectivity index (χ1) is 13.1. The minimum atomic E-state index is -0.195. The van der Waals surface area contributed by atoms with E-state index in [0.717, 1.165) is 15.6 Å². The second-order valence-corrected chi connectivity index (χ2v) is 7.59. The molecular weight excluding hydrogens is 354 g/mol. The smallest absolute Gasteiger partial charge is 0.266 e. The number of fused-ring (bicyclic) bond motifs is 1. The summed E-state index contributed by atoms with van der Waals surface area (Å²) in [5, 5.41) is 13.9. The van der Waals surface area contributed by atoms with Crippen molar-refractivity contribution in [2.45, 2.75) is 13.3 Å². The maximum atomic E-state index is 13.0. The Morgan fingerprint density at radius 2 is 1.67 bits per heavy atom. The topological polar surface area (TPSA) is 49.3 Å². The van der Waals surface area contributed by atoms with Crippen LogP contribution >= 0.6 is 11.3 Å². The first kappa shape index (κ1) is 17.3. The molecule has 0 aliphatic rings. The molecule has 3 aromatic carbocycles. The van der Waals surface area contributed by atoms with Crippen LogP contribution in [0.3, 0.4) is 0 Å². The van der Waals surface area contributed by atoms with Crippen LogP contribution in [0.5, 0.6) is 5.75 Å². The van der Waals surface area contributed by atoms with Crippen molar-refractivity contribution in [1.82, 2.24) is 0 Å². The molecule has 4 aromatic rings. The number of nitrogens with one attached hydrogen (secondary N) is 1. The van der Waals surface area contributed by atoms with Crippen molar-refractivity contribution in [1.29, 1.82) is 0 Å². The van der Waals surface area contributed by atoms with Crippen LogP contribution in [0.15, 0.2) is 72.8 Å². The lowest BCUT2D eigenvalue weighted by molar-refractivity contribution is 0.102. The number of para-hydroxylation sites is 2. The molecule has 0 aliphatic heterocycles. The van der Waals surface area contributed by atoms with Gasteiger partial charge in [-0.3, -0.25) is 4.79 Å². The third-order valence-corrected chi connectivity index (χ3v) is 5.77. The Morgan fingerprint density at radius 1 is 0.963 bits per heavy atom. The standard InChI is InChI=1S/C23H19NO2S/c1-15-10-12-16(13-11-15)14-18-17-6-2-5-9-21(17)27-22(18)23(26)24-19-7-3-4-8-20(19)25/h2-13,25H,14H2,1H3,(H,24,26). The Balaban J connectivity index is 1.74. The van der Waals surface area contributed by atoms with E-state index in [0.29, 0.717) is 17.0 Å². The number of amides is 1. The van der Waals surface area contributed by atoms with Crippen LogP contribution in [0.25, 0.3) is 10.1 Å². The molecule has 0 unspecified atom stereocenters. The predicted molar refractivity (Wildman–Crippen MR) is 112 cm³/mol. The van der Waals surface area contributed by atoms with Crippen LogP contribution in [0.1, 0.15) is 26.4 Å². The zero-order valence-electron chi connectivity index (χ0n) is 14.9. The number of aromatic hydroxyl groups is 1. The molecule has 3 nitrogen and oxygen atoms in total. The molecule has 0 radical (unpaired) electrons. The Bertz CT molecular complexity index is 1110. The average Bonchev–Trinajstić information content (AvgIpc) is 3.04. The number of anilines is 1. The van der Waals surface area contributed by atoms with Crippen molar-refractivity contribution >= 4 is 33.0 Å². The summed E-state index contributed by atoms with van der Waals surface area (Å²) < 4.78 is 1.09. The SMILES string of the molecule is Cc1ccc(Cc2c(C(=O)Nc3ccccc3O)sc3ccccc23)cc1. The molecule has 1 heterocycles. The zero-order chi connectivity index (χ0) is 18.8. The minimum Gasteiger partial charge on any atom is -0.506 e. The number of rotatable bonds is 4. The van der Waals surface area contributed by atoms with Gasteiger partial charge in [-0.25, -0.2) is 0 Å². The third kappa shape index (κ3) is 3.57. The molecule has 0 atom stereocenters. The molecule has 2 N–H and O–H groups in total. The van der Waals surface area contributed by atoms with E-state index in [1.807, 2.05) is 18.2 Å². The molecule has 27 heavy (non-hydrogen) atoms.